The predicted molar refractivity (Wildman–Crippen MR) is 81.6 cm³/mol. The molecule has 114 valence electrons. The second-order valence-electron chi connectivity index (χ2n) is 7.94. The second-order valence-corrected chi connectivity index (χ2v) is 7.94. The van der Waals surface area contributed by atoms with Gasteiger partial charge < -0.3 is 5.32 Å². The second kappa shape index (κ2) is 6.71. The number of carbonyl (C=O) groups is 1. The molecular weight excluding hydrogens is 238 g/mol. The van der Waals surface area contributed by atoms with E-state index in [1.165, 1.54) is 0 Å². The Morgan fingerprint density at radius 2 is 1.63 bits per heavy atom. The lowest BCUT2D eigenvalue weighted by Crippen LogP contribution is -2.54. The molecule has 0 unspecified atom stereocenters. The first-order chi connectivity index (χ1) is 8.40. The van der Waals surface area contributed by atoms with Crippen LogP contribution in [0.5, 0.6) is 0 Å². The zero-order valence-electron chi connectivity index (χ0n) is 14.3. The van der Waals surface area contributed by atoms with E-state index in [2.05, 4.69) is 47.5 Å². The maximum atomic E-state index is 11.9. The largest absolute Gasteiger partial charge is 0.355 e. The van der Waals surface area contributed by atoms with Gasteiger partial charge in [0.2, 0.25) is 12.6 Å². The van der Waals surface area contributed by atoms with Gasteiger partial charge in [-0.15, -0.1) is 0 Å². The van der Waals surface area contributed by atoms with Crippen molar-refractivity contribution in [1.82, 2.24) is 5.32 Å². The molecule has 0 atom stereocenters. The summed E-state index contributed by atoms with van der Waals surface area (Å²) in [6.07, 6.45) is 1.90. The van der Waals surface area contributed by atoms with Crippen molar-refractivity contribution in [3.8, 4) is 0 Å². The van der Waals surface area contributed by atoms with Gasteiger partial charge in [-0.2, -0.15) is 0 Å². The molecule has 1 amide bonds. The van der Waals surface area contributed by atoms with E-state index in [1.54, 1.807) is 0 Å². The zero-order valence-corrected chi connectivity index (χ0v) is 14.3. The topological polar surface area (TPSA) is 29.1 Å². The number of nitrogens with one attached hydrogen (secondary N) is 1. The third kappa shape index (κ3) is 8.22. The molecule has 0 aliphatic heterocycles. The molecule has 0 bridgehead atoms. The van der Waals surface area contributed by atoms with Crippen molar-refractivity contribution in [3.05, 3.63) is 0 Å². The van der Waals surface area contributed by atoms with Crippen LogP contribution in [0.3, 0.4) is 0 Å². The van der Waals surface area contributed by atoms with Crippen molar-refractivity contribution in [2.75, 3.05) is 55.0 Å². The van der Waals surface area contributed by atoms with Crippen LogP contribution in [-0.4, -0.2) is 69.9 Å². The number of quaternary nitrogens is 2. The van der Waals surface area contributed by atoms with Gasteiger partial charge in [0.05, 0.1) is 41.8 Å². The van der Waals surface area contributed by atoms with Gasteiger partial charge in [-0.05, 0) is 6.42 Å². The van der Waals surface area contributed by atoms with Crippen LogP contribution < -0.4 is 5.32 Å². The van der Waals surface area contributed by atoms with E-state index in [4.69, 9.17) is 0 Å². The fraction of sp³-hybridized carbons (Fsp3) is 0.933. The molecule has 0 saturated heterocycles. The van der Waals surface area contributed by atoms with Crippen molar-refractivity contribution >= 4 is 5.91 Å². The SMILES string of the molecule is CCC(C)(C)C(=O)NCCC[N+](C)(C)C[N+](C)(C)C. The lowest BCUT2D eigenvalue weighted by Gasteiger charge is -2.36. The molecule has 0 rings (SSSR count). The molecule has 19 heavy (non-hydrogen) atoms. The number of hydrogen-bond donors (Lipinski definition) is 1. The van der Waals surface area contributed by atoms with E-state index in [9.17, 15) is 4.79 Å². The van der Waals surface area contributed by atoms with Crippen LogP contribution in [0.1, 0.15) is 33.6 Å². The van der Waals surface area contributed by atoms with E-state index in [-0.39, 0.29) is 11.3 Å². The molecular formula is C15H35N3O+2. The smallest absolute Gasteiger partial charge is 0.225 e. The Morgan fingerprint density at radius 1 is 1.11 bits per heavy atom. The van der Waals surface area contributed by atoms with Gasteiger partial charge in [0.25, 0.3) is 0 Å². The Bertz CT molecular complexity index is 290. The number of nitrogens with zero attached hydrogens (tertiary/aromatic N) is 2. The van der Waals surface area contributed by atoms with Crippen molar-refractivity contribution in [3.63, 3.8) is 0 Å². The summed E-state index contributed by atoms with van der Waals surface area (Å²) in [5.74, 6) is 0.173. The number of amides is 1. The molecule has 0 aromatic carbocycles. The summed E-state index contributed by atoms with van der Waals surface area (Å²) >= 11 is 0. The van der Waals surface area contributed by atoms with E-state index in [1.807, 2.05) is 13.8 Å². The molecule has 0 radical (unpaired) electrons. The molecule has 0 aromatic rings. The quantitative estimate of drug-likeness (QED) is 0.407. The number of carbonyl (C=O) groups excluding carboxylic acids is 1. The third-order valence-corrected chi connectivity index (χ3v) is 3.53. The van der Waals surface area contributed by atoms with Crippen LogP contribution >= 0.6 is 0 Å². The Kier molecular flexibility index (Phi) is 6.49. The maximum absolute atomic E-state index is 11.9. The van der Waals surface area contributed by atoms with E-state index in [0.29, 0.717) is 0 Å². The first kappa shape index (κ1) is 18.4. The fourth-order valence-corrected chi connectivity index (χ4v) is 2.33. The van der Waals surface area contributed by atoms with E-state index in [0.717, 1.165) is 41.6 Å². The molecule has 0 aliphatic rings. The van der Waals surface area contributed by atoms with Gasteiger partial charge >= 0.3 is 0 Å². The van der Waals surface area contributed by atoms with Crippen LogP contribution in [0.15, 0.2) is 0 Å². The molecule has 1 N–H and O–H groups in total. The highest BCUT2D eigenvalue weighted by molar-refractivity contribution is 5.81. The Balaban J connectivity index is 4.02. The van der Waals surface area contributed by atoms with Crippen molar-refractivity contribution in [1.29, 1.82) is 0 Å². The molecule has 0 spiro atoms. The maximum Gasteiger partial charge on any atom is 0.225 e. The summed E-state index contributed by atoms with van der Waals surface area (Å²) in [5.41, 5.74) is -0.243. The van der Waals surface area contributed by atoms with Gasteiger partial charge in [0.15, 0.2) is 0 Å². The molecule has 0 fully saturated rings. The zero-order chi connectivity index (χ0) is 15.3. The summed E-state index contributed by atoms with van der Waals surface area (Å²) in [6.45, 7) is 9.01. The average molecular weight is 273 g/mol. The molecule has 0 heterocycles. The van der Waals surface area contributed by atoms with Crippen molar-refractivity contribution < 1.29 is 13.8 Å². The lowest BCUT2D eigenvalue weighted by atomic mass is 9.89. The van der Waals surface area contributed by atoms with Crippen LogP contribution in [0, 0.1) is 5.41 Å². The number of rotatable bonds is 8. The third-order valence-electron chi connectivity index (χ3n) is 3.53. The summed E-state index contributed by atoms with van der Waals surface area (Å²) in [4.78, 5) is 11.9. The fourth-order valence-electron chi connectivity index (χ4n) is 2.33. The highest BCUT2D eigenvalue weighted by atomic mass is 16.2. The Hall–Kier alpha value is -0.610. The summed E-state index contributed by atoms with van der Waals surface area (Å²) in [5, 5.41) is 3.06. The monoisotopic (exact) mass is 273 g/mol. The first-order valence-electron chi connectivity index (χ1n) is 7.30. The normalized spacial score (nSPS) is 13.5. The van der Waals surface area contributed by atoms with Crippen LogP contribution in [0.2, 0.25) is 0 Å². The standard InChI is InChI=1S/C15H34N3O/c1-9-15(2,3)14(19)16-11-10-12-18(7,8)13-17(4,5)6/h9-13H2,1-8H3/q+1/p+1. The van der Waals surface area contributed by atoms with Crippen molar-refractivity contribution in [2.24, 2.45) is 5.41 Å². The van der Waals surface area contributed by atoms with Gasteiger partial charge in [0.1, 0.15) is 0 Å². The lowest BCUT2D eigenvalue weighted by molar-refractivity contribution is -1.06. The van der Waals surface area contributed by atoms with Crippen LogP contribution in [0.4, 0.5) is 0 Å². The van der Waals surface area contributed by atoms with Gasteiger partial charge in [-0.25, -0.2) is 0 Å². The van der Waals surface area contributed by atoms with E-state index < -0.39 is 0 Å². The van der Waals surface area contributed by atoms with Gasteiger partial charge in [0, 0.05) is 18.4 Å². The van der Waals surface area contributed by atoms with Crippen LogP contribution in [-0.2, 0) is 4.79 Å². The molecule has 0 saturated carbocycles. The molecule has 0 aromatic heterocycles. The van der Waals surface area contributed by atoms with Gasteiger partial charge in [-0.3, -0.25) is 13.8 Å². The molecule has 4 nitrogen and oxygen atoms in total. The van der Waals surface area contributed by atoms with Crippen molar-refractivity contribution in [2.45, 2.75) is 33.6 Å². The van der Waals surface area contributed by atoms with Crippen LogP contribution in [0.25, 0.3) is 0 Å². The minimum absolute atomic E-state index is 0.173. The average Bonchev–Trinajstić information content (AvgIpc) is 2.20. The Labute approximate surface area is 119 Å². The highest BCUT2D eigenvalue weighted by Gasteiger charge is 2.26. The minimum Gasteiger partial charge on any atom is -0.355 e. The summed E-state index contributed by atoms with van der Waals surface area (Å²) in [6, 6.07) is 0. The van der Waals surface area contributed by atoms with Gasteiger partial charge in [-0.1, -0.05) is 20.8 Å². The summed E-state index contributed by atoms with van der Waals surface area (Å²) in [7, 11) is 11.1. The minimum atomic E-state index is -0.243. The Morgan fingerprint density at radius 3 is 2.05 bits per heavy atom. The van der Waals surface area contributed by atoms with E-state index >= 15 is 0 Å². The predicted octanol–water partition coefficient (Wildman–Crippen LogP) is 1.67. The molecule has 0 aliphatic carbocycles. The molecule has 4 heteroatoms. The number of hydrogen-bond acceptors (Lipinski definition) is 1. The first-order valence-corrected chi connectivity index (χ1v) is 7.30. The summed E-state index contributed by atoms with van der Waals surface area (Å²) < 4.78 is 1.94. The highest BCUT2D eigenvalue weighted by Crippen LogP contribution is 2.19.